The second-order valence-electron chi connectivity index (χ2n) is 4.59. The summed E-state index contributed by atoms with van der Waals surface area (Å²) in [6.07, 6.45) is 0.804. The highest BCUT2D eigenvalue weighted by atomic mass is 32.2. The van der Waals surface area contributed by atoms with Crippen LogP contribution in [0.25, 0.3) is 0 Å². The molecule has 0 aliphatic heterocycles. The van der Waals surface area contributed by atoms with Crippen molar-refractivity contribution in [3.8, 4) is 0 Å². The maximum Gasteiger partial charge on any atom is 0.335 e. The van der Waals surface area contributed by atoms with Crippen molar-refractivity contribution < 1.29 is 18.9 Å². The molecule has 1 rings (SSSR count). The molecule has 1 aromatic rings. The van der Waals surface area contributed by atoms with Gasteiger partial charge in [-0.25, -0.2) is 4.79 Å². The Labute approximate surface area is 120 Å². The summed E-state index contributed by atoms with van der Waals surface area (Å²) in [5.41, 5.74) is 0.127. The van der Waals surface area contributed by atoms with E-state index in [0.29, 0.717) is 4.90 Å². The van der Waals surface area contributed by atoms with Crippen LogP contribution >= 0.6 is 0 Å². The van der Waals surface area contributed by atoms with Gasteiger partial charge in [-0.1, -0.05) is 6.92 Å². The first-order chi connectivity index (χ1) is 9.36. The number of aromatic carboxylic acids is 1. The van der Waals surface area contributed by atoms with E-state index in [9.17, 15) is 13.8 Å². The molecule has 0 bridgehead atoms. The van der Waals surface area contributed by atoms with Crippen molar-refractivity contribution >= 4 is 22.7 Å². The van der Waals surface area contributed by atoms with E-state index in [1.54, 1.807) is 6.92 Å². The zero-order chi connectivity index (χ0) is 15.3. The smallest absolute Gasteiger partial charge is 0.335 e. The van der Waals surface area contributed by atoms with Gasteiger partial charge < -0.3 is 10.4 Å². The topological polar surface area (TPSA) is 83.5 Å². The van der Waals surface area contributed by atoms with Gasteiger partial charge in [-0.3, -0.25) is 9.00 Å². The van der Waals surface area contributed by atoms with Gasteiger partial charge in [-0.15, -0.1) is 0 Å². The van der Waals surface area contributed by atoms with E-state index in [4.69, 9.17) is 5.11 Å². The Morgan fingerprint density at radius 3 is 2.25 bits per heavy atom. The monoisotopic (exact) mass is 297 g/mol. The molecule has 0 heterocycles. The van der Waals surface area contributed by atoms with E-state index in [-0.39, 0.29) is 17.5 Å². The molecule has 0 saturated heterocycles. The molecule has 20 heavy (non-hydrogen) atoms. The average Bonchev–Trinajstić information content (AvgIpc) is 2.45. The second-order valence-corrected chi connectivity index (χ2v) is 6.36. The number of carbonyl (C=O) groups is 2. The number of carbonyl (C=O) groups excluding carboxylic acids is 1. The molecule has 2 N–H and O–H groups in total. The van der Waals surface area contributed by atoms with Crippen LogP contribution in [0.3, 0.4) is 0 Å². The van der Waals surface area contributed by atoms with Gasteiger partial charge in [0, 0.05) is 10.9 Å². The highest BCUT2D eigenvalue weighted by Crippen LogP contribution is 2.13. The molecular weight excluding hydrogens is 278 g/mol. The summed E-state index contributed by atoms with van der Waals surface area (Å²) in [7, 11) is -1.50. The largest absolute Gasteiger partial charge is 0.478 e. The molecule has 6 heteroatoms. The minimum atomic E-state index is -1.50. The molecule has 0 saturated carbocycles. The van der Waals surface area contributed by atoms with Crippen LogP contribution in [0.5, 0.6) is 0 Å². The lowest BCUT2D eigenvalue weighted by Crippen LogP contribution is -2.40. The Bertz CT molecular complexity index is 512. The van der Waals surface area contributed by atoms with Crippen LogP contribution in [0.2, 0.25) is 0 Å². The Morgan fingerprint density at radius 1 is 1.25 bits per heavy atom. The fraction of sp³-hybridized carbons (Fsp3) is 0.429. The number of hydrogen-bond donors (Lipinski definition) is 2. The molecule has 110 valence electrons. The number of nitrogens with one attached hydrogen (secondary N) is 1. The maximum absolute atomic E-state index is 12.2. The Kier molecular flexibility index (Phi) is 5.88. The first-order valence-electron chi connectivity index (χ1n) is 6.41. The van der Waals surface area contributed by atoms with Crippen LogP contribution in [0.4, 0.5) is 0 Å². The van der Waals surface area contributed by atoms with Gasteiger partial charge in [0.1, 0.15) is 5.25 Å². The van der Waals surface area contributed by atoms with E-state index in [1.807, 2.05) is 13.8 Å². The van der Waals surface area contributed by atoms with Crippen molar-refractivity contribution in [2.24, 2.45) is 0 Å². The molecule has 0 spiro atoms. The van der Waals surface area contributed by atoms with Crippen LogP contribution in [0.15, 0.2) is 29.2 Å². The highest BCUT2D eigenvalue weighted by molar-refractivity contribution is 7.86. The summed E-state index contributed by atoms with van der Waals surface area (Å²) in [6.45, 7) is 5.44. The third-order valence-electron chi connectivity index (χ3n) is 3.02. The zero-order valence-corrected chi connectivity index (χ0v) is 12.6. The third kappa shape index (κ3) is 4.16. The fourth-order valence-corrected chi connectivity index (χ4v) is 2.57. The molecule has 1 aromatic carbocycles. The average molecular weight is 297 g/mol. The molecule has 0 fully saturated rings. The quantitative estimate of drug-likeness (QED) is 0.838. The minimum Gasteiger partial charge on any atom is -0.478 e. The lowest BCUT2D eigenvalue weighted by molar-refractivity contribution is -0.120. The number of benzene rings is 1. The van der Waals surface area contributed by atoms with Crippen LogP contribution in [-0.4, -0.2) is 32.5 Å². The van der Waals surface area contributed by atoms with Crippen LogP contribution in [0, 0.1) is 0 Å². The summed E-state index contributed by atoms with van der Waals surface area (Å²) in [6, 6.07) is 5.76. The van der Waals surface area contributed by atoms with Crippen molar-refractivity contribution in [1.82, 2.24) is 5.32 Å². The summed E-state index contributed by atoms with van der Waals surface area (Å²) in [5, 5.41) is 10.9. The standard InChI is InChI=1S/C14H19NO4S/c1-4-9(2)15-13(16)10(3)20(19)12-7-5-11(6-8-12)14(17)18/h5-10H,4H2,1-3H3,(H,15,16)(H,17,18). The SMILES string of the molecule is CCC(C)NC(=O)C(C)S(=O)c1ccc(C(=O)O)cc1. The van der Waals surface area contributed by atoms with Gasteiger partial charge in [0.05, 0.1) is 16.4 Å². The van der Waals surface area contributed by atoms with Crippen LogP contribution in [-0.2, 0) is 15.6 Å². The summed E-state index contributed by atoms with van der Waals surface area (Å²) in [4.78, 5) is 23.1. The van der Waals surface area contributed by atoms with Crippen molar-refractivity contribution in [3.63, 3.8) is 0 Å². The molecule has 0 aliphatic rings. The summed E-state index contributed by atoms with van der Waals surface area (Å²) >= 11 is 0. The van der Waals surface area contributed by atoms with Crippen molar-refractivity contribution in [2.45, 2.75) is 43.4 Å². The third-order valence-corrected chi connectivity index (χ3v) is 4.62. The highest BCUT2D eigenvalue weighted by Gasteiger charge is 2.22. The maximum atomic E-state index is 12.2. The van der Waals surface area contributed by atoms with Gasteiger partial charge in [0.25, 0.3) is 0 Å². The molecule has 3 unspecified atom stereocenters. The summed E-state index contributed by atoms with van der Waals surface area (Å²) < 4.78 is 12.2. The number of hydrogen-bond acceptors (Lipinski definition) is 3. The predicted octanol–water partition coefficient (Wildman–Crippen LogP) is 1.80. The fourth-order valence-electron chi connectivity index (χ4n) is 1.50. The first-order valence-corrected chi connectivity index (χ1v) is 7.62. The second kappa shape index (κ2) is 7.19. The number of carboxylic acids is 1. The molecule has 5 nitrogen and oxygen atoms in total. The predicted molar refractivity (Wildman–Crippen MR) is 77.2 cm³/mol. The zero-order valence-electron chi connectivity index (χ0n) is 11.8. The van der Waals surface area contributed by atoms with Gasteiger partial charge in [-0.05, 0) is 44.5 Å². The van der Waals surface area contributed by atoms with Crippen molar-refractivity contribution in [3.05, 3.63) is 29.8 Å². The lowest BCUT2D eigenvalue weighted by atomic mass is 10.2. The van der Waals surface area contributed by atoms with Crippen molar-refractivity contribution in [2.75, 3.05) is 0 Å². The Hall–Kier alpha value is -1.69. The van der Waals surface area contributed by atoms with Gasteiger partial charge >= 0.3 is 5.97 Å². The van der Waals surface area contributed by atoms with Crippen LogP contribution < -0.4 is 5.32 Å². The Balaban J connectivity index is 2.78. The summed E-state index contributed by atoms with van der Waals surface area (Å²) in [5.74, 6) is -1.30. The van der Waals surface area contributed by atoms with Gasteiger partial charge in [0.2, 0.25) is 5.91 Å². The molecular formula is C14H19NO4S. The molecule has 0 radical (unpaired) electrons. The van der Waals surface area contributed by atoms with E-state index in [2.05, 4.69) is 5.32 Å². The molecule has 3 atom stereocenters. The molecule has 1 amide bonds. The van der Waals surface area contributed by atoms with Crippen molar-refractivity contribution in [1.29, 1.82) is 0 Å². The van der Waals surface area contributed by atoms with Crippen LogP contribution in [0.1, 0.15) is 37.6 Å². The number of rotatable bonds is 6. The first kappa shape index (κ1) is 16.4. The minimum absolute atomic E-state index is 0.0383. The van der Waals surface area contributed by atoms with E-state index in [0.717, 1.165) is 6.42 Å². The normalized spacial score (nSPS) is 15.2. The lowest BCUT2D eigenvalue weighted by Gasteiger charge is -2.16. The van der Waals surface area contributed by atoms with Gasteiger partial charge in [0.15, 0.2) is 0 Å². The van der Waals surface area contributed by atoms with Gasteiger partial charge in [-0.2, -0.15) is 0 Å². The number of amides is 1. The number of carboxylic acid groups (broad SMARTS) is 1. The van der Waals surface area contributed by atoms with E-state index in [1.165, 1.54) is 24.3 Å². The molecule has 0 aliphatic carbocycles. The van der Waals surface area contributed by atoms with E-state index >= 15 is 0 Å². The Morgan fingerprint density at radius 2 is 1.80 bits per heavy atom. The van der Waals surface area contributed by atoms with E-state index < -0.39 is 22.0 Å². The molecule has 0 aromatic heterocycles.